The maximum atomic E-state index is 5.80. The molecule has 0 spiro atoms. The van der Waals surface area contributed by atoms with Crippen molar-refractivity contribution in [1.82, 2.24) is 4.98 Å². The smallest absolute Gasteiger partial charge is 0.127 e. The highest BCUT2D eigenvalue weighted by Gasteiger charge is 1.99. The Morgan fingerprint density at radius 3 is 2.86 bits per heavy atom. The molecule has 1 aromatic heterocycles. The third-order valence-corrected chi connectivity index (χ3v) is 2.06. The molecule has 0 unspecified atom stereocenters. The van der Waals surface area contributed by atoms with E-state index in [9.17, 15) is 0 Å². The summed E-state index contributed by atoms with van der Waals surface area (Å²) >= 11 is 3.34. The van der Waals surface area contributed by atoms with Crippen LogP contribution in [0.2, 0.25) is 0 Å². The lowest BCUT2D eigenvalue weighted by molar-refractivity contribution is 0.665. The van der Waals surface area contributed by atoms with Crippen molar-refractivity contribution in [3.05, 3.63) is 28.5 Å². The summed E-state index contributed by atoms with van der Waals surface area (Å²) in [5, 5.41) is 0. The van der Waals surface area contributed by atoms with Crippen molar-refractivity contribution in [2.45, 2.75) is 13.8 Å². The van der Waals surface area contributed by atoms with E-state index in [-0.39, 0.29) is 0 Å². The second-order valence-electron chi connectivity index (χ2n) is 3.51. The lowest BCUT2D eigenvalue weighted by Gasteiger charge is -2.02. The Morgan fingerprint density at radius 2 is 2.29 bits per heavy atom. The second kappa shape index (κ2) is 5.10. The van der Waals surface area contributed by atoms with E-state index in [1.54, 1.807) is 12.4 Å². The number of halogens is 1. The highest BCUT2D eigenvalue weighted by atomic mass is 79.9. The zero-order valence-corrected chi connectivity index (χ0v) is 9.95. The highest BCUT2D eigenvalue weighted by Crippen LogP contribution is 2.09. The van der Waals surface area contributed by atoms with Gasteiger partial charge in [-0.05, 0) is 27.9 Å². The molecule has 76 valence electrons. The van der Waals surface area contributed by atoms with Gasteiger partial charge in [-0.2, -0.15) is 0 Å². The fourth-order valence-corrected chi connectivity index (χ4v) is 1.29. The SMILES string of the molecule is CC(C)CN=C(N)c1cncc(Br)c1. The number of pyridine rings is 1. The van der Waals surface area contributed by atoms with E-state index in [2.05, 4.69) is 39.8 Å². The normalized spacial score (nSPS) is 12.1. The summed E-state index contributed by atoms with van der Waals surface area (Å²) in [6.07, 6.45) is 3.43. The monoisotopic (exact) mass is 255 g/mol. The fraction of sp³-hybridized carbons (Fsp3) is 0.400. The minimum Gasteiger partial charge on any atom is -0.383 e. The molecule has 0 saturated heterocycles. The first kappa shape index (κ1) is 11.2. The van der Waals surface area contributed by atoms with Crippen LogP contribution in [-0.2, 0) is 0 Å². The minimum absolute atomic E-state index is 0.522. The first-order chi connectivity index (χ1) is 6.59. The molecule has 1 heterocycles. The molecule has 0 atom stereocenters. The van der Waals surface area contributed by atoms with E-state index in [1.807, 2.05) is 6.07 Å². The number of rotatable bonds is 3. The van der Waals surface area contributed by atoms with Gasteiger partial charge in [-0.25, -0.2) is 0 Å². The summed E-state index contributed by atoms with van der Waals surface area (Å²) in [5.74, 6) is 1.07. The maximum absolute atomic E-state index is 5.80. The first-order valence-electron chi connectivity index (χ1n) is 4.50. The molecule has 0 aliphatic rings. The van der Waals surface area contributed by atoms with Crippen molar-refractivity contribution in [3.8, 4) is 0 Å². The Balaban J connectivity index is 2.78. The van der Waals surface area contributed by atoms with Gasteiger partial charge in [0.05, 0.1) is 0 Å². The van der Waals surface area contributed by atoms with Gasteiger partial charge >= 0.3 is 0 Å². The van der Waals surface area contributed by atoms with Crippen LogP contribution in [0.25, 0.3) is 0 Å². The van der Waals surface area contributed by atoms with Gasteiger partial charge in [-0.3, -0.25) is 9.98 Å². The molecule has 0 fully saturated rings. The number of hydrogen-bond donors (Lipinski definition) is 1. The standard InChI is InChI=1S/C10H14BrN3/c1-7(2)4-14-10(12)8-3-9(11)6-13-5-8/h3,5-7H,4H2,1-2H3,(H2,12,14). The molecule has 1 aromatic rings. The van der Waals surface area contributed by atoms with Crippen LogP contribution >= 0.6 is 15.9 Å². The summed E-state index contributed by atoms with van der Waals surface area (Å²) in [4.78, 5) is 8.29. The van der Waals surface area contributed by atoms with Crippen LogP contribution < -0.4 is 5.73 Å². The molecule has 0 amide bonds. The van der Waals surface area contributed by atoms with Gasteiger partial charge in [0.25, 0.3) is 0 Å². The molecule has 4 heteroatoms. The molecule has 0 aliphatic heterocycles. The van der Waals surface area contributed by atoms with Crippen molar-refractivity contribution >= 4 is 21.8 Å². The topological polar surface area (TPSA) is 51.3 Å². The predicted octanol–water partition coefficient (Wildman–Crippen LogP) is 2.21. The molecule has 0 radical (unpaired) electrons. The Labute approximate surface area is 92.6 Å². The molecule has 0 saturated carbocycles. The third-order valence-electron chi connectivity index (χ3n) is 1.63. The molecule has 2 N–H and O–H groups in total. The maximum Gasteiger partial charge on any atom is 0.127 e. The van der Waals surface area contributed by atoms with E-state index in [0.29, 0.717) is 11.8 Å². The number of aromatic nitrogens is 1. The van der Waals surface area contributed by atoms with Gasteiger partial charge in [0, 0.05) is 29.0 Å². The van der Waals surface area contributed by atoms with E-state index in [1.165, 1.54) is 0 Å². The van der Waals surface area contributed by atoms with Crippen LogP contribution in [0, 0.1) is 5.92 Å². The van der Waals surface area contributed by atoms with Gasteiger partial charge in [-0.1, -0.05) is 13.8 Å². The van der Waals surface area contributed by atoms with Crippen LogP contribution in [0.4, 0.5) is 0 Å². The third kappa shape index (κ3) is 3.46. The van der Waals surface area contributed by atoms with Crippen molar-refractivity contribution < 1.29 is 0 Å². The van der Waals surface area contributed by atoms with Crippen LogP contribution in [0.5, 0.6) is 0 Å². The number of nitrogens with zero attached hydrogens (tertiary/aromatic N) is 2. The lowest BCUT2D eigenvalue weighted by atomic mass is 10.2. The predicted molar refractivity (Wildman–Crippen MR) is 62.4 cm³/mol. The van der Waals surface area contributed by atoms with Crippen LogP contribution in [0.1, 0.15) is 19.4 Å². The molecule has 14 heavy (non-hydrogen) atoms. The molecule has 0 aromatic carbocycles. The van der Waals surface area contributed by atoms with Crippen molar-refractivity contribution in [3.63, 3.8) is 0 Å². The Morgan fingerprint density at radius 1 is 1.57 bits per heavy atom. The van der Waals surface area contributed by atoms with Crippen molar-refractivity contribution in [1.29, 1.82) is 0 Å². The molecular formula is C10H14BrN3. The summed E-state index contributed by atoms with van der Waals surface area (Å²) in [6.45, 7) is 4.96. The number of aliphatic imine (C=N–C) groups is 1. The average molecular weight is 256 g/mol. The van der Waals surface area contributed by atoms with E-state index in [4.69, 9.17) is 5.73 Å². The van der Waals surface area contributed by atoms with Gasteiger partial charge < -0.3 is 5.73 Å². The summed E-state index contributed by atoms with van der Waals surface area (Å²) in [6, 6.07) is 1.91. The zero-order chi connectivity index (χ0) is 10.6. The second-order valence-corrected chi connectivity index (χ2v) is 4.43. The van der Waals surface area contributed by atoms with E-state index in [0.717, 1.165) is 16.6 Å². The number of amidine groups is 1. The van der Waals surface area contributed by atoms with Crippen LogP contribution in [0.3, 0.4) is 0 Å². The molecule has 1 rings (SSSR count). The Kier molecular flexibility index (Phi) is 4.07. The zero-order valence-electron chi connectivity index (χ0n) is 8.37. The van der Waals surface area contributed by atoms with Crippen LogP contribution in [0.15, 0.2) is 27.9 Å². The van der Waals surface area contributed by atoms with Gasteiger partial charge in [0.1, 0.15) is 5.84 Å². The van der Waals surface area contributed by atoms with Crippen LogP contribution in [-0.4, -0.2) is 17.4 Å². The van der Waals surface area contributed by atoms with Gasteiger partial charge in [0.15, 0.2) is 0 Å². The number of hydrogen-bond acceptors (Lipinski definition) is 2. The average Bonchev–Trinajstić information content (AvgIpc) is 2.14. The van der Waals surface area contributed by atoms with E-state index < -0.39 is 0 Å². The van der Waals surface area contributed by atoms with Crippen molar-refractivity contribution in [2.75, 3.05) is 6.54 Å². The molecule has 0 bridgehead atoms. The molecule has 3 nitrogen and oxygen atoms in total. The summed E-state index contributed by atoms with van der Waals surface area (Å²) in [7, 11) is 0. The molecule has 0 aliphatic carbocycles. The minimum atomic E-state index is 0.522. The Bertz CT molecular complexity index is 334. The van der Waals surface area contributed by atoms with E-state index >= 15 is 0 Å². The van der Waals surface area contributed by atoms with Gasteiger partial charge in [-0.15, -0.1) is 0 Å². The highest BCUT2D eigenvalue weighted by molar-refractivity contribution is 9.10. The van der Waals surface area contributed by atoms with Crippen molar-refractivity contribution in [2.24, 2.45) is 16.6 Å². The summed E-state index contributed by atoms with van der Waals surface area (Å²) in [5.41, 5.74) is 6.66. The Hall–Kier alpha value is -0.900. The largest absolute Gasteiger partial charge is 0.383 e. The number of nitrogens with two attached hydrogens (primary N) is 1. The van der Waals surface area contributed by atoms with Gasteiger partial charge in [0.2, 0.25) is 0 Å². The molecular weight excluding hydrogens is 242 g/mol. The fourth-order valence-electron chi connectivity index (χ4n) is 0.924. The first-order valence-corrected chi connectivity index (χ1v) is 5.29. The quantitative estimate of drug-likeness (QED) is 0.665. The summed E-state index contributed by atoms with van der Waals surface area (Å²) < 4.78 is 0.915. The lowest BCUT2D eigenvalue weighted by Crippen LogP contribution is -2.15.